The summed E-state index contributed by atoms with van der Waals surface area (Å²) < 4.78 is 5.58. The van der Waals surface area contributed by atoms with Crippen molar-refractivity contribution in [2.75, 3.05) is 24.5 Å². The van der Waals surface area contributed by atoms with E-state index in [9.17, 15) is 14.9 Å². The molecule has 1 saturated heterocycles. The second kappa shape index (κ2) is 5.02. The van der Waals surface area contributed by atoms with Crippen LogP contribution in [0.5, 0.6) is 0 Å². The van der Waals surface area contributed by atoms with Crippen molar-refractivity contribution in [3.05, 3.63) is 28.3 Å². The van der Waals surface area contributed by atoms with Crippen LogP contribution in [0.2, 0.25) is 0 Å². The molecule has 3 N–H and O–H groups in total. The van der Waals surface area contributed by atoms with E-state index in [-0.39, 0.29) is 11.7 Å². The molecule has 0 radical (unpaired) electrons. The molecule has 21 heavy (non-hydrogen) atoms. The minimum Gasteiger partial charge on any atom is -0.423 e. The van der Waals surface area contributed by atoms with Crippen LogP contribution in [0.3, 0.4) is 0 Å². The molecule has 0 spiro atoms. The lowest BCUT2D eigenvalue weighted by atomic mass is 10.2. The van der Waals surface area contributed by atoms with Gasteiger partial charge in [-0.1, -0.05) is 0 Å². The predicted molar refractivity (Wildman–Crippen MR) is 73.9 cm³/mol. The van der Waals surface area contributed by atoms with Gasteiger partial charge in [0.15, 0.2) is 5.58 Å². The number of primary amides is 1. The summed E-state index contributed by atoms with van der Waals surface area (Å²) in [6.45, 7) is 1.60. The smallest absolute Gasteiger partial charge is 0.299 e. The van der Waals surface area contributed by atoms with E-state index in [0.717, 1.165) is 0 Å². The molecule has 1 unspecified atom stereocenters. The summed E-state index contributed by atoms with van der Waals surface area (Å²) >= 11 is 0. The van der Waals surface area contributed by atoms with Gasteiger partial charge in [0.2, 0.25) is 5.91 Å². The van der Waals surface area contributed by atoms with Gasteiger partial charge in [0, 0.05) is 31.8 Å². The number of hydrogen-bond donors (Lipinski definition) is 2. The molecule has 2 aromatic rings. The van der Waals surface area contributed by atoms with Crippen LogP contribution in [0.4, 0.5) is 11.7 Å². The van der Waals surface area contributed by atoms with Crippen molar-refractivity contribution >= 4 is 28.7 Å². The normalized spacial score (nSPS) is 18.9. The molecule has 1 aromatic heterocycles. The lowest BCUT2D eigenvalue weighted by molar-refractivity contribution is -0.384. The van der Waals surface area contributed by atoms with Crippen molar-refractivity contribution < 1.29 is 14.1 Å². The molecule has 110 valence electrons. The van der Waals surface area contributed by atoms with E-state index in [4.69, 9.17) is 10.2 Å². The Morgan fingerprint density at radius 2 is 2.38 bits per heavy atom. The van der Waals surface area contributed by atoms with Gasteiger partial charge in [-0.15, -0.1) is 0 Å². The van der Waals surface area contributed by atoms with Crippen LogP contribution in [0.25, 0.3) is 11.1 Å². The van der Waals surface area contributed by atoms with Crippen molar-refractivity contribution in [1.29, 1.82) is 0 Å². The maximum absolute atomic E-state index is 11.5. The molecule has 9 nitrogen and oxygen atoms in total. The molecular weight excluding hydrogens is 278 g/mol. The fraction of sp³-hybridized carbons (Fsp3) is 0.333. The Morgan fingerprint density at radius 1 is 1.57 bits per heavy atom. The molecule has 0 bridgehead atoms. The second-order valence-corrected chi connectivity index (χ2v) is 4.72. The van der Waals surface area contributed by atoms with Crippen molar-refractivity contribution in [3.8, 4) is 0 Å². The highest BCUT2D eigenvalue weighted by Gasteiger charge is 2.30. The zero-order valence-corrected chi connectivity index (χ0v) is 11.0. The van der Waals surface area contributed by atoms with E-state index in [2.05, 4.69) is 10.3 Å². The summed E-state index contributed by atoms with van der Waals surface area (Å²) in [4.78, 5) is 27.6. The molecule has 1 fully saturated rings. The van der Waals surface area contributed by atoms with Crippen molar-refractivity contribution in [1.82, 2.24) is 10.3 Å². The number of nitrogens with two attached hydrogens (primary N) is 1. The van der Waals surface area contributed by atoms with Crippen molar-refractivity contribution in [2.24, 2.45) is 5.73 Å². The van der Waals surface area contributed by atoms with Crippen LogP contribution in [-0.2, 0) is 4.79 Å². The van der Waals surface area contributed by atoms with E-state index in [1.165, 1.54) is 18.2 Å². The van der Waals surface area contributed by atoms with Crippen LogP contribution in [0.15, 0.2) is 22.6 Å². The third-order valence-electron chi connectivity index (χ3n) is 3.39. The number of hydrogen-bond acceptors (Lipinski definition) is 7. The van der Waals surface area contributed by atoms with Crippen molar-refractivity contribution in [2.45, 2.75) is 6.04 Å². The molecule has 0 saturated carbocycles. The first-order valence-corrected chi connectivity index (χ1v) is 6.38. The summed E-state index contributed by atoms with van der Waals surface area (Å²) in [7, 11) is 0. The predicted octanol–water partition coefficient (Wildman–Crippen LogP) is -0.000500. The highest BCUT2D eigenvalue weighted by atomic mass is 16.6. The van der Waals surface area contributed by atoms with Gasteiger partial charge in [0.05, 0.1) is 4.92 Å². The molecule has 2 heterocycles. The number of benzene rings is 1. The molecule has 0 aliphatic carbocycles. The number of nitrogens with zero attached hydrogens (tertiary/aromatic N) is 3. The summed E-state index contributed by atoms with van der Waals surface area (Å²) in [6, 6.07) is 3.87. The maximum atomic E-state index is 11.5. The fourth-order valence-electron chi connectivity index (χ4n) is 2.33. The minimum absolute atomic E-state index is 0.0610. The first-order chi connectivity index (χ1) is 10.1. The van der Waals surface area contributed by atoms with Gasteiger partial charge in [-0.05, 0) is 6.07 Å². The fourth-order valence-corrected chi connectivity index (χ4v) is 2.33. The summed E-state index contributed by atoms with van der Waals surface area (Å²) in [5.74, 6) is -0.476. The standard InChI is InChI=1S/C12H13N5O4/c13-11(18)9-6-14-3-4-16(9)12-15-8-5-7(17(19)20)1-2-10(8)21-12/h1-2,5,9,14H,3-4,6H2,(H2,13,18). The molecular formula is C12H13N5O4. The molecule has 9 heteroatoms. The number of fused-ring (bicyclic) bond motifs is 1. The number of oxazole rings is 1. The Kier molecular flexibility index (Phi) is 3.18. The second-order valence-electron chi connectivity index (χ2n) is 4.72. The number of non-ortho nitro benzene ring substituents is 1. The number of aromatic nitrogens is 1. The Labute approximate surface area is 118 Å². The van der Waals surface area contributed by atoms with E-state index < -0.39 is 16.9 Å². The SMILES string of the molecule is NC(=O)C1CNCCN1c1nc2cc([N+](=O)[O-])ccc2o1. The zero-order valence-electron chi connectivity index (χ0n) is 11.0. The number of nitro groups is 1. The molecule has 1 aliphatic heterocycles. The molecule has 3 rings (SSSR count). The lowest BCUT2D eigenvalue weighted by Gasteiger charge is -2.32. The average Bonchev–Trinajstić information content (AvgIpc) is 2.89. The monoisotopic (exact) mass is 291 g/mol. The van der Waals surface area contributed by atoms with Gasteiger partial charge in [0.1, 0.15) is 11.6 Å². The number of carbonyl (C=O) groups excluding carboxylic acids is 1. The Morgan fingerprint density at radius 3 is 3.10 bits per heavy atom. The number of nitro benzene ring substituents is 1. The number of anilines is 1. The maximum Gasteiger partial charge on any atom is 0.299 e. The highest BCUT2D eigenvalue weighted by molar-refractivity contribution is 5.84. The van der Waals surface area contributed by atoms with E-state index >= 15 is 0 Å². The van der Waals surface area contributed by atoms with Gasteiger partial charge >= 0.3 is 0 Å². The minimum atomic E-state index is -0.554. The number of piperazine rings is 1. The summed E-state index contributed by atoms with van der Waals surface area (Å²) in [5, 5.41) is 13.8. The lowest BCUT2D eigenvalue weighted by Crippen LogP contribution is -2.57. The van der Waals surface area contributed by atoms with Gasteiger partial charge in [-0.25, -0.2) is 0 Å². The van der Waals surface area contributed by atoms with E-state index in [1.807, 2.05) is 0 Å². The third-order valence-corrected chi connectivity index (χ3v) is 3.39. The number of amides is 1. The number of nitrogens with one attached hydrogen (secondary N) is 1. The summed E-state index contributed by atoms with van der Waals surface area (Å²) in [6.07, 6.45) is 0. The Hall–Kier alpha value is -2.68. The van der Waals surface area contributed by atoms with Crippen LogP contribution in [-0.4, -0.2) is 41.5 Å². The first-order valence-electron chi connectivity index (χ1n) is 6.38. The molecule has 1 aromatic carbocycles. The Balaban J connectivity index is 1.99. The first kappa shape index (κ1) is 13.3. The van der Waals surface area contributed by atoms with Crippen LogP contribution in [0.1, 0.15) is 0 Å². The van der Waals surface area contributed by atoms with Crippen LogP contribution >= 0.6 is 0 Å². The topological polar surface area (TPSA) is 128 Å². The quantitative estimate of drug-likeness (QED) is 0.601. The van der Waals surface area contributed by atoms with Crippen molar-refractivity contribution in [3.63, 3.8) is 0 Å². The van der Waals surface area contributed by atoms with Gasteiger partial charge in [-0.3, -0.25) is 14.9 Å². The number of rotatable bonds is 3. The third kappa shape index (κ3) is 2.38. The largest absolute Gasteiger partial charge is 0.423 e. The van der Waals surface area contributed by atoms with Gasteiger partial charge in [-0.2, -0.15) is 4.98 Å². The van der Waals surface area contributed by atoms with Crippen LogP contribution < -0.4 is 16.0 Å². The van der Waals surface area contributed by atoms with Gasteiger partial charge in [0.25, 0.3) is 11.7 Å². The summed E-state index contributed by atoms with van der Waals surface area (Å²) in [5.41, 5.74) is 6.12. The molecule has 1 aliphatic rings. The Bertz CT molecular complexity index is 713. The molecule has 1 amide bonds. The van der Waals surface area contributed by atoms with E-state index in [0.29, 0.717) is 30.7 Å². The van der Waals surface area contributed by atoms with Crippen LogP contribution in [0, 0.1) is 10.1 Å². The van der Waals surface area contributed by atoms with Gasteiger partial charge < -0.3 is 20.4 Å². The number of carbonyl (C=O) groups is 1. The molecule has 1 atom stereocenters. The zero-order chi connectivity index (χ0) is 15.0. The highest BCUT2D eigenvalue weighted by Crippen LogP contribution is 2.26. The van der Waals surface area contributed by atoms with E-state index in [1.54, 1.807) is 4.90 Å². The average molecular weight is 291 g/mol.